The lowest BCUT2D eigenvalue weighted by molar-refractivity contribution is -0.142. The van der Waals surface area contributed by atoms with Crippen LogP contribution in [0, 0.1) is 11.3 Å². The van der Waals surface area contributed by atoms with E-state index in [2.05, 4.69) is 19.2 Å². The minimum Gasteiger partial charge on any atom is -0.481 e. The molecular weight excluding hydrogens is 260 g/mol. The van der Waals surface area contributed by atoms with Gasteiger partial charge in [0.25, 0.3) is 0 Å². The summed E-state index contributed by atoms with van der Waals surface area (Å²) < 4.78 is 5.21. The second-order valence-electron chi connectivity index (χ2n) is 6.54. The summed E-state index contributed by atoms with van der Waals surface area (Å²) in [7, 11) is 1.65. The SMILES string of the molecule is CN(C(=O)NC1CCCC1(C)C)C1COCC1C(=O)O. The summed E-state index contributed by atoms with van der Waals surface area (Å²) in [6.07, 6.45) is 3.20. The fraction of sp³-hybridized carbons (Fsp3) is 0.857. The zero-order valence-electron chi connectivity index (χ0n) is 12.4. The van der Waals surface area contributed by atoms with Gasteiger partial charge in [-0.3, -0.25) is 4.79 Å². The number of ether oxygens (including phenoxy) is 1. The van der Waals surface area contributed by atoms with Crippen LogP contribution in [0.3, 0.4) is 0 Å². The maximum atomic E-state index is 12.3. The Kier molecular flexibility index (Phi) is 4.22. The molecule has 0 radical (unpaired) electrons. The Morgan fingerprint density at radius 3 is 2.60 bits per heavy atom. The lowest BCUT2D eigenvalue weighted by Crippen LogP contribution is -2.52. The highest BCUT2D eigenvalue weighted by Crippen LogP contribution is 2.37. The lowest BCUT2D eigenvalue weighted by Gasteiger charge is -2.32. The average Bonchev–Trinajstić information content (AvgIpc) is 2.95. The number of likely N-dealkylation sites (N-methyl/N-ethyl adjacent to an activating group) is 1. The van der Waals surface area contributed by atoms with Gasteiger partial charge in [0.2, 0.25) is 0 Å². The molecule has 2 aliphatic rings. The molecular formula is C14H24N2O4. The van der Waals surface area contributed by atoms with Crippen LogP contribution in [0.15, 0.2) is 0 Å². The minimum atomic E-state index is -0.909. The molecule has 0 aromatic heterocycles. The van der Waals surface area contributed by atoms with Crippen LogP contribution in [0.2, 0.25) is 0 Å². The molecule has 2 N–H and O–H groups in total. The fourth-order valence-corrected chi connectivity index (χ4v) is 3.16. The molecule has 114 valence electrons. The molecule has 0 aromatic carbocycles. The van der Waals surface area contributed by atoms with Crippen molar-refractivity contribution in [2.24, 2.45) is 11.3 Å². The van der Waals surface area contributed by atoms with Crippen molar-refractivity contribution in [2.45, 2.75) is 45.2 Å². The number of carboxylic acids is 1. The van der Waals surface area contributed by atoms with Crippen LogP contribution in [-0.4, -0.2) is 54.4 Å². The summed E-state index contributed by atoms with van der Waals surface area (Å²) in [5, 5.41) is 12.2. The summed E-state index contributed by atoms with van der Waals surface area (Å²) in [5.74, 6) is -1.55. The highest BCUT2D eigenvalue weighted by atomic mass is 16.5. The van der Waals surface area contributed by atoms with E-state index in [9.17, 15) is 9.59 Å². The Morgan fingerprint density at radius 2 is 2.05 bits per heavy atom. The summed E-state index contributed by atoms with van der Waals surface area (Å²) in [6.45, 7) is 4.77. The van der Waals surface area contributed by atoms with Crippen molar-refractivity contribution in [2.75, 3.05) is 20.3 Å². The topological polar surface area (TPSA) is 78.9 Å². The predicted molar refractivity (Wildman–Crippen MR) is 73.4 cm³/mol. The van der Waals surface area contributed by atoms with Gasteiger partial charge < -0.3 is 20.1 Å². The predicted octanol–water partition coefficient (Wildman–Crippen LogP) is 1.31. The van der Waals surface area contributed by atoms with E-state index in [0.29, 0.717) is 0 Å². The average molecular weight is 284 g/mol. The van der Waals surface area contributed by atoms with Gasteiger partial charge in [0, 0.05) is 13.1 Å². The van der Waals surface area contributed by atoms with Crippen molar-refractivity contribution in [1.82, 2.24) is 10.2 Å². The Bertz CT molecular complexity index is 397. The van der Waals surface area contributed by atoms with Crippen LogP contribution in [0.4, 0.5) is 4.79 Å². The minimum absolute atomic E-state index is 0.106. The fourth-order valence-electron chi connectivity index (χ4n) is 3.16. The van der Waals surface area contributed by atoms with Crippen LogP contribution in [0.1, 0.15) is 33.1 Å². The van der Waals surface area contributed by atoms with Crippen molar-refractivity contribution in [3.05, 3.63) is 0 Å². The van der Waals surface area contributed by atoms with E-state index in [-0.39, 0.29) is 30.7 Å². The first-order chi connectivity index (χ1) is 9.33. The van der Waals surface area contributed by atoms with Crippen LogP contribution in [0.25, 0.3) is 0 Å². The number of hydrogen-bond acceptors (Lipinski definition) is 3. The van der Waals surface area contributed by atoms with E-state index in [0.717, 1.165) is 19.3 Å². The Labute approximate surface area is 119 Å². The maximum Gasteiger partial charge on any atom is 0.317 e. The molecule has 1 saturated carbocycles. The highest BCUT2D eigenvalue weighted by molar-refractivity contribution is 5.77. The van der Waals surface area contributed by atoms with Crippen molar-refractivity contribution >= 4 is 12.0 Å². The molecule has 0 aromatic rings. The number of rotatable bonds is 3. The number of carboxylic acid groups (broad SMARTS) is 1. The standard InChI is InChI=1S/C14H24N2O4/c1-14(2)6-4-5-11(14)15-13(19)16(3)10-8-20-7-9(10)12(17)18/h9-11H,4-8H2,1-3H3,(H,15,19)(H,17,18). The van der Waals surface area contributed by atoms with Gasteiger partial charge in [0.05, 0.1) is 19.3 Å². The summed E-state index contributed by atoms with van der Waals surface area (Å²) in [4.78, 5) is 24.9. The number of nitrogens with zero attached hydrogens (tertiary/aromatic N) is 1. The van der Waals surface area contributed by atoms with E-state index in [1.54, 1.807) is 7.05 Å². The molecule has 3 atom stereocenters. The normalized spacial score (nSPS) is 32.0. The molecule has 6 heteroatoms. The molecule has 0 spiro atoms. The number of hydrogen-bond donors (Lipinski definition) is 2. The summed E-state index contributed by atoms with van der Waals surface area (Å²) >= 11 is 0. The van der Waals surface area contributed by atoms with Gasteiger partial charge in [0.15, 0.2) is 0 Å². The van der Waals surface area contributed by atoms with E-state index < -0.39 is 17.9 Å². The summed E-state index contributed by atoms with van der Waals surface area (Å²) in [6, 6.07) is -0.438. The van der Waals surface area contributed by atoms with E-state index >= 15 is 0 Å². The van der Waals surface area contributed by atoms with Crippen LogP contribution < -0.4 is 5.32 Å². The number of amides is 2. The van der Waals surface area contributed by atoms with E-state index in [4.69, 9.17) is 9.84 Å². The van der Waals surface area contributed by atoms with Crippen LogP contribution in [0.5, 0.6) is 0 Å². The zero-order valence-corrected chi connectivity index (χ0v) is 12.4. The quantitative estimate of drug-likeness (QED) is 0.819. The molecule has 1 heterocycles. The smallest absolute Gasteiger partial charge is 0.317 e. The Morgan fingerprint density at radius 1 is 1.35 bits per heavy atom. The third-order valence-electron chi connectivity index (χ3n) is 4.74. The van der Waals surface area contributed by atoms with Crippen LogP contribution >= 0.6 is 0 Å². The van der Waals surface area contributed by atoms with Gasteiger partial charge in [0.1, 0.15) is 5.92 Å². The molecule has 2 amide bonds. The molecule has 2 fully saturated rings. The molecule has 1 aliphatic carbocycles. The van der Waals surface area contributed by atoms with Gasteiger partial charge in [-0.25, -0.2) is 4.79 Å². The Balaban J connectivity index is 1.97. The highest BCUT2D eigenvalue weighted by Gasteiger charge is 2.40. The first-order valence-electron chi connectivity index (χ1n) is 7.17. The molecule has 1 aliphatic heterocycles. The number of nitrogens with one attached hydrogen (secondary N) is 1. The van der Waals surface area contributed by atoms with Gasteiger partial charge in [-0.1, -0.05) is 20.3 Å². The Hall–Kier alpha value is -1.30. The number of aliphatic carboxylic acids is 1. The molecule has 2 rings (SSSR count). The first-order valence-corrected chi connectivity index (χ1v) is 7.17. The van der Waals surface area contributed by atoms with Crippen molar-refractivity contribution in [1.29, 1.82) is 0 Å². The third kappa shape index (κ3) is 2.90. The monoisotopic (exact) mass is 284 g/mol. The number of carbonyl (C=O) groups is 2. The molecule has 20 heavy (non-hydrogen) atoms. The zero-order chi connectivity index (χ0) is 14.9. The largest absolute Gasteiger partial charge is 0.481 e. The second kappa shape index (κ2) is 5.60. The van der Waals surface area contributed by atoms with Gasteiger partial charge in [-0.2, -0.15) is 0 Å². The number of carbonyl (C=O) groups excluding carboxylic acids is 1. The molecule has 1 saturated heterocycles. The number of urea groups is 1. The molecule has 6 nitrogen and oxygen atoms in total. The first kappa shape index (κ1) is 15.1. The summed E-state index contributed by atoms with van der Waals surface area (Å²) in [5.41, 5.74) is 0.106. The van der Waals surface area contributed by atoms with Gasteiger partial charge in [-0.15, -0.1) is 0 Å². The third-order valence-corrected chi connectivity index (χ3v) is 4.74. The van der Waals surface area contributed by atoms with E-state index in [1.165, 1.54) is 4.90 Å². The van der Waals surface area contributed by atoms with Crippen LogP contribution in [-0.2, 0) is 9.53 Å². The second-order valence-corrected chi connectivity index (χ2v) is 6.54. The van der Waals surface area contributed by atoms with Crippen molar-refractivity contribution in [3.8, 4) is 0 Å². The van der Waals surface area contributed by atoms with E-state index in [1.807, 2.05) is 0 Å². The molecule has 3 unspecified atom stereocenters. The van der Waals surface area contributed by atoms with Crippen molar-refractivity contribution < 1.29 is 19.4 Å². The van der Waals surface area contributed by atoms with Gasteiger partial charge >= 0.3 is 12.0 Å². The maximum absolute atomic E-state index is 12.3. The molecule has 0 bridgehead atoms. The van der Waals surface area contributed by atoms with Gasteiger partial charge in [-0.05, 0) is 18.3 Å². The lowest BCUT2D eigenvalue weighted by atomic mass is 9.87. The van der Waals surface area contributed by atoms with Crippen molar-refractivity contribution in [3.63, 3.8) is 0 Å².